The summed E-state index contributed by atoms with van der Waals surface area (Å²) < 4.78 is 0.834. The fourth-order valence-corrected chi connectivity index (χ4v) is 1.09. The molecule has 3 nitrogen and oxygen atoms in total. The highest BCUT2D eigenvalue weighted by Crippen LogP contribution is 2.13. The summed E-state index contributed by atoms with van der Waals surface area (Å²) >= 11 is 3.29. The highest BCUT2D eigenvalue weighted by atomic mass is 79.9. The van der Waals surface area contributed by atoms with Crippen LogP contribution in [0.3, 0.4) is 0 Å². The minimum Gasteiger partial charge on any atom is -0.197 e. The lowest BCUT2D eigenvalue weighted by Crippen LogP contribution is -1.94. The second-order valence-corrected chi connectivity index (χ2v) is 3.41. The first-order valence-electron chi connectivity index (χ1n) is 3.25. The molecule has 0 amide bonds. The van der Waals surface area contributed by atoms with Crippen molar-refractivity contribution in [3.05, 3.63) is 10.3 Å². The van der Waals surface area contributed by atoms with Gasteiger partial charge in [-0.2, -0.15) is 10.3 Å². The normalized spacial score (nSPS) is 10.8. The van der Waals surface area contributed by atoms with E-state index in [1.54, 1.807) is 0 Å². The van der Waals surface area contributed by atoms with E-state index in [9.17, 15) is 0 Å². The van der Waals surface area contributed by atoms with Crippen LogP contribution in [0, 0.1) is 5.92 Å². The predicted octanol–water partition coefficient (Wildman–Crippen LogP) is 1.77. The largest absolute Gasteiger partial charge is 0.197 e. The number of aromatic amines is 1. The third-order valence-corrected chi connectivity index (χ3v) is 1.81. The molecule has 1 aromatic rings. The van der Waals surface area contributed by atoms with Crippen molar-refractivity contribution in [3.63, 3.8) is 0 Å². The molecule has 0 fully saturated rings. The molecule has 10 heavy (non-hydrogen) atoms. The lowest BCUT2D eigenvalue weighted by atomic mass is 10.1. The molecule has 0 saturated heterocycles. The maximum Gasteiger partial charge on any atom is 0.151 e. The number of rotatable bonds is 2. The molecule has 0 bridgehead atoms. The van der Waals surface area contributed by atoms with E-state index in [0.29, 0.717) is 5.92 Å². The second-order valence-electron chi connectivity index (χ2n) is 2.66. The summed E-state index contributed by atoms with van der Waals surface area (Å²) in [6.45, 7) is 4.31. The molecule has 4 heteroatoms. The van der Waals surface area contributed by atoms with Crippen LogP contribution in [0.15, 0.2) is 4.60 Å². The van der Waals surface area contributed by atoms with Gasteiger partial charge in [0.1, 0.15) is 0 Å². The Hall–Kier alpha value is -0.380. The van der Waals surface area contributed by atoms with Crippen molar-refractivity contribution in [2.45, 2.75) is 20.3 Å². The van der Waals surface area contributed by atoms with Gasteiger partial charge in [-0.25, -0.2) is 0 Å². The van der Waals surface area contributed by atoms with Crippen LogP contribution in [0.25, 0.3) is 0 Å². The number of hydrogen-bond acceptors (Lipinski definition) is 2. The SMILES string of the molecule is CC(C)Cc1n[nH]nc1Br. The minimum absolute atomic E-state index is 0.626. The molecule has 0 aliphatic carbocycles. The first-order valence-corrected chi connectivity index (χ1v) is 4.04. The van der Waals surface area contributed by atoms with E-state index in [1.807, 2.05) is 0 Å². The molecule has 1 aromatic heterocycles. The summed E-state index contributed by atoms with van der Waals surface area (Å²) in [5.41, 5.74) is 1.01. The number of nitrogens with one attached hydrogen (secondary N) is 1. The van der Waals surface area contributed by atoms with Gasteiger partial charge >= 0.3 is 0 Å². The zero-order chi connectivity index (χ0) is 7.56. The van der Waals surface area contributed by atoms with E-state index in [2.05, 4.69) is 45.2 Å². The summed E-state index contributed by atoms with van der Waals surface area (Å²) in [6.07, 6.45) is 0.969. The lowest BCUT2D eigenvalue weighted by molar-refractivity contribution is 0.632. The molecule has 56 valence electrons. The Kier molecular flexibility index (Phi) is 2.43. The molecule has 0 radical (unpaired) electrons. The summed E-state index contributed by atoms with van der Waals surface area (Å²) in [5, 5.41) is 10.4. The summed E-state index contributed by atoms with van der Waals surface area (Å²) in [7, 11) is 0. The van der Waals surface area contributed by atoms with Crippen molar-refractivity contribution in [1.29, 1.82) is 0 Å². The van der Waals surface area contributed by atoms with Crippen molar-refractivity contribution in [2.75, 3.05) is 0 Å². The molecule has 1 rings (SSSR count). The lowest BCUT2D eigenvalue weighted by Gasteiger charge is -1.98. The van der Waals surface area contributed by atoms with Crippen molar-refractivity contribution >= 4 is 15.9 Å². The minimum atomic E-state index is 0.626. The molecule has 0 unspecified atom stereocenters. The number of hydrogen-bond donors (Lipinski definition) is 1. The summed E-state index contributed by atoms with van der Waals surface area (Å²) in [6, 6.07) is 0. The average molecular weight is 204 g/mol. The van der Waals surface area contributed by atoms with Crippen LogP contribution in [0.4, 0.5) is 0 Å². The maximum absolute atomic E-state index is 3.97. The fraction of sp³-hybridized carbons (Fsp3) is 0.667. The van der Waals surface area contributed by atoms with E-state index in [-0.39, 0.29) is 0 Å². The molecular formula is C6H10BrN3. The molecule has 0 saturated carbocycles. The van der Waals surface area contributed by atoms with E-state index in [4.69, 9.17) is 0 Å². The first kappa shape index (κ1) is 7.72. The van der Waals surface area contributed by atoms with E-state index in [0.717, 1.165) is 16.7 Å². The quantitative estimate of drug-likeness (QED) is 0.797. The topological polar surface area (TPSA) is 41.6 Å². The van der Waals surface area contributed by atoms with Crippen LogP contribution < -0.4 is 0 Å². The van der Waals surface area contributed by atoms with Gasteiger partial charge < -0.3 is 0 Å². The van der Waals surface area contributed by atoms with Gasteiger partial charge in [-0.1, -0.05) is 13.8 Å². The van der Waals surface area contributed by atoms with Gasteiger partial charge in [-0.05, 0) is 28.3 Å². The molecule has 0 aliphatic rings. The van der Waals surface area contributed by atoms with Crippen molar-refractivity contribution in [1.82, 2.24) is 15.4 Å². The van der Waals surface area contributed by atoms with Crippen LogP contribution in [0.1, 0.15) is 19.5 Å². The standard InChI is InChI=1S/C6H10BrN3/c1-4(2)3-5-6(7)9-10-8-5/h4H,3H2,1-2H3,(H,8,9,10). The number of aromatic nitrogens is 3. The van der Waals surface area contributed by atoms with Crippen LogP contribution >= 0.6 is 15.9 Å². The van der Waals surface area contributed by atoms with Crippen LogP contribution in [-0.2, 0) is 6.42 Å². The third kappa shape index (κ3) is 1.80. The molecule has 1 N–H and O–H groups in total. The number of nitrogens with zero attached hydrogens (tertiary/aromatic N) is 2. The number of H-pyrrole nitrogens is 1. The zero-order valence-corrected chi connectivity index (χ0v) is 7.64. The fourth-order valence-electron chi connectivity index (χ4n) is 0.756. The van der Waals surface area contributed by atoms with Gasteiger partial charge in [0.15, 0.2) is 4.60 Å². The van der Waals surface area contributed by atoms with Crippen molar-refractivity contribution in [2.24, 2.45) is 5.92 Å². The highest BCUT2D eigenvalue weighted by molar-refractivity contribution is 9.10. The average Bonchev–Trinajstić information content (AvgIpc) is 2.15. The Balaban J connectivity index is 2.65. The first-order chi connectivity index (χ1) is 4.70. The van der Waals surface area contributed by atoms with Crippen molar-refractivity contribution in [3.8, 4) is 0 Å². The molecule has 0 aliphatic heterocycles. The van der Waals surface area contributed by atoms with E-state index in [1.165, 1.54) is 0 Å². The van der Waals surface area contributed by atoms with Crippen LogP contribution in [-0.4, -0.2) is 15.4 Å². The summed E-state index contributed by atoms with van der Waals surface area (Å²) in [4.78, 5) is 0. The van der Waals surface area contributed by atoms with E-state index < -0.39 is 0 Å². The van der Waals surface area contributed by atoms with E-state index >= 15 is 0 Å². The van der Waals surface area contributed by atoms with Gasteiger partial charge in [0.2, 0.25) is 0 Å². The van der Waals surface area contributed by atoms with Gasteiger partial charge in [0, 0.05) is 0 Å². The predicted molar refractivity (Wildman–Crippen MR) is 42.6 cm³/mol. The Morgan fingerprint density at radius 3 is 2.60 bits per heavy atom. The summed E-state index contributed by atoms with van der Waals surface area (Å²) in [5.74, 6) is 0.626. The van der Waals surface area contributed by atoms with Gasteiger partial charge in [0.05, 0.1) is 5.69 Å². The molecule has 1 heterocycles. The molecular weight excluding hydrogens is 194 g/mol. The molecule has 0 spiro atoms. The van der Waals surface area contributed by atoms with Gasteiger partial charge in [0.25, 0.3) is 0 Å². The van der Waals surface area contributed by atoms with Gasteiger partial charge in [-0.3, -0.25) is 0 Å². The number of halogens is 1. The van der Waals surface area contributed by atoms with Gasteiger partial charge in [-0.15, -0.1) is 5.10 Å². The zero-order valence-electron chi connectivity index (χ0n) is 6.06. The molecule has 0 aromatic carbocycles. The maximum atomic E-state index is 3.97. The highest BCUT2D eigenvalue weighted by Gasteiger charge is 2.05. The van der Waals surface area contributed by atoms with Crippen molar-refractivity contribution < 1.29 is 0 Å². The smallest absolute Gasteiger partial charge is 0.151 e. The third-order valence-electron chi connectivity index (χ3n) is 1.17. The Morgan fingerprint density at radius 2 is 2.20 bits per heavy atom. The Morgan fingerprint density at radius 1 is 1.50 bits per heavy atom. The van der Waals surface area contributed by atoms with Crippen LogP contribution in [0.2, 0.25) is 0 Å². The second kappa shape index (κ2) is 3.14. The Bertz CT molecular complexity index is 207. The monoisotopic (exact) mass is 203 g/mol. The Labute approximate surface area is 68.3 Å². The van der Waals surface area contributed by atoms with Crippen LogP contribution in [0.5, 0.6) is 0 Å². The molecule has 0 atom stereocenters.